The average molecular weight is 255 g/mol. The smallest absolute Gasteiger partial charge is 0.239 e. The maximum Gasteiger partial charge on any atom is 0.239 e. The highest BCUT2D eigenvalue weighted by atomic mass is 35.5. The summed E-state index contributed by atoms with van der Waals surface area (Å²) in [5.74, 6) is 0.0711. The number of amides is 1. The van der Waals surface area contributed by atoms with Gasteiger partial charge in [0.1, 0.15) is 6.04 Å². The van der Waals surface area contributed by atoms with Crippen molar-refractivity contribution in [3.8, 4) is 0 Å². The first-order valence-electron chi connectivity index (χ1n) is 5.77. The van der Waals surface area contributed by atoms with Crippen molar-refractivity contribution in [1.82, 2.24) is 10.2 Å². The summed E-state index contributed by atoms with van der Waals surface area (Å²) in [7, 11) is 0. The quantitative estimate of drug-likeness (QED) is 0.794. The predicted molar refractivity (Wildman–Crippen MR) is 70.6 cm³/mol. The Labute approximate surface area is 108 Å². The number of carbonyl (C=O) groups is 1. The minimum Gasteiger partial charge on any atom is -0.348 e. The molecule has 1 amide bonds. The molecule has 0 spiro atoms. The van der Waals surface area contributed by atoms with E-state index in [4.69, 9.17) is 11.8 Å². The topological polar surface area (TPSA) is 41.1 Å². The Kier molecular flexibility index (Phi) is 5.45. The summed E-state index contributed by atoms with van der Waals surface area (Å²) in [6, 6.07) is 9.45. The lowest BCUT2D eigenvalue weighted by atomic mass is 10.0. The van der Waals surface area contributed by atoms with Crippen molar-refractivity contribution in [1.29, 1.82) is 0 Å². The highest BCUT2D eigenvalue weighted by Crippen LogP contribution is 2.12. The third-order valence-electron chi connectivity index (χ3n) is 2.73. The van der Waals surface area contributed by atoms with Gasteiger partial charge in [-0.15, -0.1) is 0 Å². The number of halogens is 1. The van der Waals surface area contributed by atoms with Crippen molar-refractivity contribution < 1.29 is 4.79 Å². The summed E-state index contributed by atoms with van der Waals surface area (Å²) in [6.45, 7) is 5.86. The molecular formula is C13H19ClN2O. The van der Waals surface area contributed by atoms with Crippen LogP contribution in [0.5, 0.6) is 0 Å². The minimum absolute atomic E-state index is 0.0185. The van der Waals surface area contributed by atoms with Gasteiger partial charge in [-0.2, -0.15) is 0 Å². The standard InChI is InChI=1S/C13H19ClN2O/c1-9(2)12(16-14)13(17)15-10(3)11-7-5-4-6-8-11/h4-10,12,16H,1-3H3,(H,15,17)/t10-,12+/m1/s1. The summed E-state index contributed by atoms with van der Waals surface area (Å²) >= 11 is 5.58. The molecule has 1 aromatic rings. The number of rotatable bonds is 5. The maximum absolute atomic E-state index is 11.9. The van der Waals surface area contributed by atoms with Gasteiger partial charge in [0.2, 0.25) is 5.91 Å². The number of nitrogens with one attached hydrogen (secondary N) is 2. The molecule has 94 valence electrons. The van der Waals surface area contributed by atoms with E-state index in [0.29, 0.717) is 0 Å². The van der Waals surface area contributed by atoms with Crippen molar-refractivity contribution in [2.24, 2.45) is 5.92 Å². The third kappa shape index (κ3) is 4.02. The molecule has 0 fully saturated rings. The van der Waals surface area contributed by atoms with E-state index >= 15 is 0 Å². The van der Waals surface area contributed by atoms with Crippen LogP contribution in [0.2, 0.25) is 0 Å². The lowest BCUT2D eigenvalue weighted by molar-refractivity contribution is -0.124. The molecule has 0 saturated heterocycles. The molecule has 4 heteroatoms. The SMILES string of the molecule is CC(C)[C@H](NCl)C(=O)N[C@H](C)c1ccccc1. The van der Waals surface area contributed by atoms with Crippen molar-refractivity contribution in [2.45, 2.75) is 32.9 Å². The Hall–Kier alpha value is -1.06. The Morgan fingerprint density at radius 3 is 2.24 bits per heavy atom. The van der Waals surface area contributed by atoms with Crippen molar-refractivity contribution in [2.75, 3.05) is 0 Å². The molecule has 2 atom stereocenters. The van der Waals surface area contributed by atoms with Crippen LogP contribution in [-0.2, 0) is 4.79 Å². The number of benzene rings is 1. The molecule has 0 radical (unpaired) electrons. The van der Waals surface area contributed by atoms with Gasteiger partial charge < -0.3 is 5.32 Å². The summed E-state index contributed by atoms with van der Waals surface area (Å²) in [6.07, 6.45) is 0. The fraction of sp³-hybridized carbons (Fsp3) is 0.462. The molecule has 1 rings (SSSR count). The van der Waals surface area contributed by atoms with E-state index in [1.54, 1.807) is 0 Å². The summed E-state index contributed by atoms with van der Waals surface area (Å²) in [4.78, 5) is 14.5. The van der Waals surface area contributed by atoms with Gasteiger partial charge in [0.05, 0.1) is 6.04 Å². The number of hydrogen-bond acceptors (Lipinski definition) is 2. The second-order valence-electron chi connectivity index (χ2n) is 4.47. The molecule has 0 bridgehead atoms. The van der Waals surface area contributed by atoms with E-state index in [1.165, 1.54) is 0 Å². The fourth-order valence-corrected chi connectivity index (χ4v) is 1.96. The summed E-state index contributed by atoms with van der Waals surface area (Å²) < 4.78 is 0. The Morgan fingerprint density at radius 1 is 1.18 bits per heavy atom. The van der Waals surface area contributed by atoms with E-state index in [1.807, 2.05) is 51.1 Å². The number of hydrogen-bond donors (Lipinski definition) is 2. The van der Waals surface area contributed by atoms with E-state index < -0.39 is 0 Å². The zero-order valence-corrected chi connectivity index (χ0v) is 11.2. The van der Waals surface area contributed by atoms with Gasteiger partial charge in [-0.05, 0) is 30.2 Å². The lowest BCUT2D eigenvalue weighted by Crippen LogP contribution is -2.44. The largest absolute Gasteiger partial charge is 0.348 e. The second-order valence-corrected chi connectivity index (χ2v) is 4.69. The highest BCUT2D eigenvalue weighted by molar-refractivity contribution is 6.15. The second kappa shape index (κ2) is 6.62. The molecule has 0 heterocycles. The molecule has 1 aromatic carbocycles. The molecule has 0 aliphatic heterocycles. The van der Waals surface area contributed by atoms with Gasteiger partial charge >= 0.3 is 0 Å². The van der Waals surface area contributed by atoms with Crippen LogP contribution in [0.15, 0.2) is 30.3 Å². The monoisotopic (exact) mass is 254 g/mol. The van der Waals surface area contributed by atoms with Crippen molar-refractivity contribution >= 4 is 17.7 Å². The molecule has 3 nitrogen and oxygen atoms in total. The predicted octanol–water partition coefficient (Wildman–Crippen LogP) is 2.63. The first kappa shape index (κ1) is 14.0. The van der Waals surface area contributed by atoms with Crippen LogP contribution in [0.25, 0.3) is 0 Å². The maximum atomic E-state index is 11.9. The third-order valence-corrected chi connectivity index (χ3v) is 2.96. The zero-order chi connectivity index (χ0) is 12.8. The van der Waals surface area contributed by atoms with E-state index in [9.17, 15) is 4.79 Å². The Morgan fingerprint density at radius 2 is 1.76 bits per heavy atom. The first-order chi connectivity index (χ1) is 8.06. The molecule has 0 aliphatic rings. The van der Waals surface area contributed by atoms with Gasteiger partial charge in [-0.3, -0.25) is 4.79 Å². The normalized spacial score (nSPS) is 14.4. The van der Waals surface area contributed by atoms with Crippen LogP contribution in [0.4, 0.5) is 0 Å². The Bertz CT molecular complexity index is 354. The minimum atomic E-state index is -0.372. The molecule has 2 N–H and O–H groups in total. The molecule has 0 saturated carbocycles. The van der Waals surface area contributed by atoms with Crippen LogP contribution in [0.3, 0.4) is 0 Å². The first-order valence-corrected chi connectivity index (χ1v) is 6.15. The fourth-order valence-electron chi connectivity index (χ4n) is 1.61. The van der Waals surface area contributed by atoms with E-state index in [-0.39, 0.29) is 23.9 Å². The van der Waals surface area contributed by atoms with E-state index in [2.05, 4.69) is 10.2 Å². The molecular weight excluding hydrogens is 236 g/mol. The molecule has 17 heavy (non-hydrogen) atoms. The molecule has 0 aliphatic carbocycles. The zero-order valence-electron chi connectivity index (χ0n) is 10.4. The van der Waals surface area contributed by atoms with Crippen LogP contribution in [0, 0.1) is 5.92 Å². The van der Waals surface area contributed by atoms with Gasteiger partial charge in [0.15, 0.2) is 0 Å². The van der Waals surface area contributed by atoms with E-state index in [0.717, 1.165) is 5.56 Å². The van der Waals surface area contributed by atoms with Gasteiger partial charge in [-0.25, -0.2) is 4.84 Å². The van der Waals surface area contributed by atoms with Gasteiger partial charge in [-0.1, -0.05) is 44.2 Å². The van der Waals surface area contributed by atoms with Gasteiger partial charge in [0, 0.05) is 0 Å². The Balaban J connectivity index is 2.63. The van der Waals surface area contributed by atoms with Crippen LogP contribution in [0.1, 0.15) is 32.4 Å². The van der Waals surface area contributed by atoms with Crippen molar-refractivity contribution in [3.05, 3.63) is 35.9 Å². The highest BCUT2D eigenvalue weighted by Gasteiger charge is 2.22. The molecule has 0 unspecified atom stereocenters. The summed E-state index contributed by atoms with van der Waals surface area (Å²) in [5.41, 5.74) is 1.08. The van der Waals surface area contributed by atoms with Crippen molar-refractivity contribution in [3.63, 3.8) is 0 Å². The van der Waals surface area contributed by atoms with Crippen LogP contribution >= 0.6 is 11.8 Å². The van der Waals surface area contributed by atoms with Crippen LogP contribution in [-0.4, -0.2) is 11.9 Å². The lowest BCUT2D eigenvalue weighted by Gasteiger charge is -2.21. The van der Waals surface area contributed by atoms with Gasteiger partial charge in [0.25, 0.3) is 0 Å². The summed E-state index contributed by atoms with van der Waals surface area (Å²) in [5, 5.41) is 2.94. The number of carbonyl (C=O) groups excluding carboxylic acids is 1. The average Bonchev–Trinajstić information content (AvgIpc) is 2.30. The molecule has 0 aromatic heterocycles. The van der Waals surface area contributed by atoms with Crippen LogP contribution < -0.4 is 10.2 Å².